The van der Waals surface area contributed by atoms with Gasteiger partial charge in [-0.25, -0.2) is 17.5 Å². The minimum Gasteiger partial charge on any atom is -0.452 e. The number of halogens is 1. The Balaban J connectivity index is 1.85. The Labute approximate surface area is 165 Å². The number of carbonyl (C=O) groups excluding carboxylic acids is 2. The zero-order valence-electron chi connectivity index (χ0n) is 16.4. The maximum atomic E-state index is 13.6. The molecule has 156 valence electrons. The molecule has 0 radical (unpaired) electrons. The van der Waals surface area contributed by atoms with Crippen molar-refractivity contribution in [2.45, 2.75) is 69.5 Å². The van der Waals surface area contributed by atoms with Crippen LogP contribution in [0.15, 0.2) is 29.2 Å². The second-order valence-electron chi connectivity index (χ2n) is 7.08. The summed E-state index contributed by atoms with van der Waals surface area (Å²) >= 11 is 0. The molecule has 28 heavy (non-hydrogen) atoms. The molecule has 0 aliphatic carbocycles. The van der Waals surface area contributed by atoms with Crippen molar-refractivity contribution in [3.05, 3.63) is 30.1 Å². The summed E-state index contributed by atoms with van der Waals surface area (Å²) in [6, 6.07) is 5.14. The summed E-state index contributed by atoms with van der Waals surface area (Å²) in [5, 5.41) is 0. The first-order chi connectivity index (χ1) is 13.1. The van der Waals surface area contributed by atoms with Crippen LogP contribution in [0.3, 0.4) is 0 Å². The summed E-state index contributed by atoms with van der Waals surface area (Å²) < 4.78 is 45.1. The Morgan fingerprint density at radius 3 is 2.46 bits per heavy atom. The number of benzene rings is 1. The summed E-state index contributed by atoms with van der Waals surface area (Å²) in [6.07, 6.45) is 1.67. The Morgan fingerprint density at radius 1 is 1.25 bits per heavy atom. The van der Waals surface area contributed by atoms with Gasteiger partial charge < -0.3 is 9.64 Å². The molecule has 0 aromatic heterocycles. The van der Waals surface area contributed by atoms with Gasteiger partial charge in [0, 0.05) is 18.6 Å². The number of ether oxygens (including phenoxy) is 1. The van der Waals surface area contributed by atoms with Crippen molar-refractivity contribution >= 4 is 21.9 Å². The molecule has 1 heterocycles. The topological polar surface area (TPSA) is 92.8 Å². The highest BCUT2D eigenvalue weighted by atomic mass is 32.2. The van der Waals surface area contributed by atoms with E-state index in [9.17, 15) is 22.4 Å². The number of likely N-dealkylation sites (tertiary alicyclic amines) is 1. The van der Waals surface area contributed by atoms with Gasteiger partial charge in [-0.2, -0.15) is 0 Å². The Bertz CT molecular complexity index is 804. The predicted octanol–water partition coefficient (Wildman–Crippen LogP) is 2.22. The third-order valence-electron chi connectivity index (χ3n) is 4.85. The quantitative estimate of drug-likeness (QED) is 0.691. The number of hydrogen-bond donors (Lipinski definition) is 1. The van der Waals surface area contributed by atoms with E-state index in [2.05, 4.69) is 4.72 Å². The highest BCUT2D eigenvalue weighted by Crippen LogP contribution is 2.23. The number of rotatable bonds is 7. The first-order valence-corrected chi connectivity index (χ1v) is 10.9. The fourth-order valence-electron chi connectivity index (χ4n) is 3.40. The smallest absolute Gasteiger partial charge is 0.307 e. The van der Waals surface area contributed by atoms with Crippen LogP contribution in [0.2, 0.25) is 0 Å². The van der Waals surface area contributed by atoms with Crippen LogP contribution >= 0.6 is 0 Å². The van der Waals surface area contributed by atoms with Gasteiger partial charge in [0.1, 0.15) is 10.7 Å². The monoisotopic (exact) mass is 414 g/mol. The fourth-order valence-corrected chi connectivity index (χ4v) is 4.51. The number of nitrogens with zero attached hydrogens (tertiary/aromatic N) is 1. The van der Waals surface area contributed by atoms with Crippen LogP contribution in [0.25, 0.3) is 0 Å². The molecule has 0 saturated carbocycles. The normalized spacial score (nSPS) is 21.2. The lowest BCUT2D eigenvalue weighted by Gasteiger charge is -2.40. The molecule has 1 aromatic rings. The molecule has 1 aliphatic rings. The second kappa shape index (κ2) is 9.47. The first-order valence-electron chi connectivity index (χ1n) is 9.39. The molecule has 1 saturated heterocycles. The molecule has 2 rings (SSSR count). The molecular weight excluding hydrogens is 387 g/mol. The minimum absolute atomic E-state index is 0.0879. The first kappa shape index (κ1) is 22.3. The largest absolute Gasteiger partial charge is 0.452 e. The van der Waals surface area contributed by atoms with Crippen molar-refractivity contribution in [3.63, 3.8) is 0 Å². The lowest BCUT2D eigenvalue weighted by atomic mass is 9.97. The van der Waals surface area contributed by atoms with Gasteiger partial charge in [-0.3, -0.25) is 9.59 Å². The number of carbonyl (C=O) groups is 2. The highest BCUT2D eigenvalue weighted by molar-refractivity contribution is 7.89. The molecule has 1 fully saturated rings. The summed E-state index contributed by atoms with van der Waals surface area (Å²) in [7, 11) is -4.07. The molecule has 1 aromatic carbocycles. The van der Waals surface area contributed by atoms with E-state index in [1.54, 1.807) is 4.90 Å². The predicted molar refractivity (Wildman–Crippen MR) is 101 cm³/mol. The van der Waals surface area contributed by atoms with Crippen molar-refractivity contribution < 1.29 is 27.1 Å². The van der Waals surface area contributed by atoms with Crippen LogP contribution in [0.5, 0.6) is 0 Å². The molecule has 0 spiro atoms. The average molecular weight is 414 g/mol. The lowest BCUT2D eigenvalue weighted by molar-refractivity contribution is -0.162. The molecule has 1 amide bonds. The Hall–Kier alpha value is -2.00. The van der Waals surface area contributed by atoms with Crippen LogP contribution in [0, 0.1) is 5.82 Å². The number of amides is 1. The van der Waals surface area contributed by atoms with Crippen LogP contribution in [0.4, 0.5) is 4.39 Å². The summed E-state index contributed by atoms with van der Waals surface area (Å²) in [5.74, 6) is -1.82. The Kier molecular flexibility index (Phi) is 7.54. The molecule has 1 N–H and O–H groups in total. The zero-order chi connectivity index (χ0) is 20.9. The van der Waals surface area contributed by atoms with E-state index in [1.807, 2.05) is 13.8 Å². The SMILES string of the molecule is C[C@H](OC(=O)CCNS(=O)(=O)c1ccccc1F)C(=O)N1[C@@H](C)CCC[C@@H]1C. The standard InChI is InChI=1S/C19H27FN2O5S/c1-13-7-6-8-14(2)22(13)19(24)15(3)27-18(23)11-12-21-28(25,26)17-10-5-4-9-16(17)20/h4-5,9-10,13-15,21H,6-8,11-12H2,1-3H3/t13-,14-,15-/m0/s1. The minimum atomic E-state index is -4.07. The van der Waals surface area contributed by atoms with Crippen molar-refractivity contribution in [2.75, 3.05) is 6.54 Å². The fraction of sp³-hybridized carbons (Fsp3) is 0.579. The summed E-state index contributed by atoms with van der Waals surface area (Å²) in [6.45, 7) is 5.20. The van der Waals surface area contributed by atoms with Gasteiger partial charge in [0.25, 0.3) is 5.91 Å². The van der Waals surface area contributed by atoms with Crippen molar-refractivity contribution in [1.82, 2.24) is 9.62 Å². The van der Waals surface area contributed by atoms with Crippen LogP contribution in [0.1, 0.15) is 46.5 Å². The number of esters is 1. The van der Waals surface area contributed by atoms with Crippen molar-refractivity contribution in [1.29, 1.82) is 0 Å². The zero-order valence-corrected chi connectivity index (χ0v) is 17.2. The van der Waals surface area contributed by atoms with Crippen molar-refractivity contribution in [3.8, 4) is 0 Å². The van der Waals surface area contributed by atoms with Gasteiger partial charge in [-0.05, 0) is 52.2 Å². The van der Waals surface area contributed by atoms with E-state index in [4.69, 9.17) is 4.74 Å². The Morgan fingerprint density at radius 2 is 1.86 bits per heavy atom. The number of hydrogen-bond acceptors (Lipinski definition) is 5. The van der Waals surface area contributed by atoms with E-state index in [0.29, 0.717) is 0 Å². The van der Waals surface area contributed by atoms with Gasteiger partial charge in [0.2, 0.25) is 10.0 Å². The van der Waals surface area contributed by atoms with E-state index in [1.165, 1.54) is 19.1 Å². The molecule has 0 unspecified atom stereocenters. The van der Waals surface area contributed by atoms with E-state index in [0.717, 1.165) is 31.4 Å². The maximum Gasteiger partial charge on any atom is 0.307 e. The number of piperidine rings is 1. The van der Waals surface area contributed by atoms with E-state index >= 15 is 0 Å². The van der Waals surface area contributed by atoms with Crippen LogP contribution in [-0.4, -0.2) is 49.9 Å². The third kappa shape index (κ3) is 5.51. The van der Waals surface area contributed by atoms with Crippen LogP contribution in [-0.2, 0) is 24.3 Å². The van der Waals surface area contributed by atoms with Crippen LogP contribution < -0.4 is 4.72 Å². The van der Waals surface area contributed by atoms with Gasteiger partial charge >= 0.3 is 5.97 Å². The summed E-state index contributed by atoms with van der Waals surface area (Å²) in [4.78, 5) is 25.9. The van der Waals surface area contributed by atoms with Gasteiger partial charge in [0.15, 0.2) is 6.10 Å². The van der Waals surface area contributed by atoms with Gasteiger partial charge in [0.05, 0.1) is 6.42 Å². The van der Waals surface area contributed by atoms with Gasteiger partial charge in [-0.1, -0.05) is 12.1 Å². The number of nitrogens with one attached hydrogen (secondary N) is 1. The maximum absolute atomic E-state index is 13.6. The molecule has 1 aliphatic heterocycles. The molecule has 9 heteroatoms. The third-order valence-corrected chi connectivity index (χ3v) is 6.35. The molecule has 0 bridgehead atoms. The molecule has 3 atom stereocenters. The van der Waals surface area contributed by atoms with Crippen molar-refractivity contribution in [2.24, 2.45) is 0 Å². The molecular formula is C19H27FN2O5S. The second-order valence-corrected chi connectivity index (χ2v) is 8.82. The molecule has 7 nitrogen and oxygen atoms in total. The summed E-state index contributed by atoms with van der Waals surface area (Å²) in [5.41, 5.74) is 0. The average Bonchev–Trinajstić information content (AvgIpc) is 2.61. The van der Waals surface area contributed by atoms with E-state index < -0.39 is 32.8 Å². The van der Waals surface area contributed by atoms with E-state index in [-0.39, 0.29) is 31.0 Å². The number of sulfonamides is 1. The lowest BCUT2D eigenvalue weighted by Crippen LogP contribution is -2.51. The highest BCUT2D eigenvalue weighted by Gasteiger charge is 2.33. The van der Waals surface area contributed by atoms with Gasteiger partial charge in [-0.15, -0.1) is 0 Å².